The van der Waals surface area contributed by atoms with Gasteiger partial charge in [-0.3, -0.25) is 4.79 Å². The minimum absolute atomic E-state index is 0.0159. The molecule has 0 spiro atoms. The summed E-state index contributed by atoms with van der Waals surface area (Å²) < 4.78 is 37.9. The number of thiophene rings is 1. The molecule has 0 saturated carbocycles. The number of carbonyl (C=O) groups excluding carboxylic acids is 1. The predicted molar refractivity (Wildman–Crippen MR) is 92.7 cm³/mol. The Balaban J connectivity index is 2.07. The molecule has 0 aliphatic rings. The van der Waals surface area contributed by atoms with Crippen molar-refractivity contribution in [2.75, 3.05) is 0 Å². The zero-order chi connectivity index (χ0) is 18.6. The SMILES string of the molecule is N/C(=C\C=C(/N)NC(=O)c1ccsc1Cl)c1ccc(C(F)(F)F)cc1. The molecule has 0 bridgehead atoms. The summed E-state index contributed by atoms with van der Waals surface area (Å²) in [4.78, 5) is 11.9. The first-order valence-corrected chi connectivity index (χ1v) is 8.09. The Kier molecular flexibility index (Phi) is 5.76. The number of benzene rings is 1. The molecule has 1 amide bonds. The lowest BCUT2D eigenvalue weighted by Crippen LogP contribution is -2.27. The van der Waals surface area contributed by atoms with Gasteiger partial charge >= 0.3 is 6.18 Å². The van der Waals surface area contributed by atoms with Crippen molar-refractivity contribution >= 4 is 34.5 Å². The van der Waals surface area contributed by atoms with Gasteiger partial charge in [-0.05, 0) is 41.3 Å². The van der Waals surface area contributed by atoms with Gasteiger partial charge in [-0.1, -0.05) is 23.7 Å². The third kappa shape index (κ3) is 5.01. The van der Waals surface area contributed by atoms with E-state index in [0.717, 1.165) is 12.1 Å². The lowest BCUT2D eigenvalue weighted by atomic mass is 10.1. The van der Waals surface area contributed by atoms with Gasteiger partial charge in [0.25, 0.3) is 5.91 Å². The van der Waals surface area contributed by atoms with Crippen molar-refractivity contribution in [3.8, 4) is 0 Å². The second kappa shape index (κ2) is 7.62. The van der Waals surface area contributed by atoms with Gasteiger partial charge in [-0.2, -0.15) is 13.2 Å². The van der Waals surface area contributed by atoms with E-state index in [-0.39, 0.29) is 11.5 Å². The van der Waals surface area contributed by atoms with Crippen LogP contribution >= 0.6 is 22.9 Å². The molecule has 132 valence electrons. The molecule has 0 saturated heterocycles. The van der Waals surface area contributed by atoms with E-state index in [1.54, 1.807) is 11.4 Å². The average Bonchev–Trinajstić information content (AvgIpc) is 2.98. The fourth-order valence-electron chi connectivity index (χ4n) is 1.82. The Morgan fingerprint density at radius 3 is 2.28 bits per heavy atom. The van der Waals surface area contributed by atoms with Crippen LogP contribution in [0.3, 0.4) is 0 Å². The number of nitrogens with one attached hydrogen (secondary N) is 1. The third-order valence-corrected chi connectivity index (χ3v) is 4.28. The molecular weight excluding hydrogens is 375 g/mol. The summed E-state index contributed by atoms with van der Waals surface area (Å²) in [5.41, 5.74) is 11.6. The largest absolute Gasteiger partial charge is 0.416 e. The Hall–Kier alpha value is -2.45. The van der Waals surface area contributed by atoms with Crippen LogP contribution in [-0.4, -0.2) is 5.91 Å². The molecule has 1 aromatic heterocycles. The van der Waals surface area contributed by atoms with Crippen molar-refractivity contribution in [3.05, 3.63) is 74.7 Å². The van der Waals surface area contributed by atoms with Crippen LogP contribution in [0.1, 0.15) is 21.5 Å². The number of carbonyl (C=O) groups is 1. The fraction of sp³-hybridized carbons (Fsp3) is 0.0625. The van der Waals surface area contributed by atoms with Gasteiger partial charge < -0.3 is 16.8 Å². The van der Waals surface area contributed by atoms with Crippen LogP contribution in [0.2, 0.25) is 4.34 Å². The zero-order valence-electron chi connectivity index (χ0n) is 12.6. The van der Waals surface area contributed by atoms with Gasteiger partial charge in [-0.15, -0.1) is 11.3 Å². The highest BCUT2D eigenvalue weighted by atomic mass is 35.5. The summed E-state index contributed by atoms with van der Waals surface area (Å²) in [6.45, 7) is 0. The maximum Gasteiger partial charge on any atom is 0.416 e. The van der Waals surface area contributed by atoms with E-state index in [0.29, 0.717) is 15.5 Å². The highest BCUT2D eigenvalue weighted by molar-refractivity contribution is 7.14. The fourth-order valence-corrected chi connectivity index (χ4v) is 2.74. The Morgan fingerprint density at radius 2 is 1.76 bits per heavy atom. The van der Waals surface area contributed by atoms with E-state index in [9.17, 15) is 18.0 Å². The molecule has 25 heavy (non-hydrogen) atoms. The van der Waals surface area contributed by atoms with Crippen molar-refractivity contribution in [1.29, 1.82) is 0 Å². The predicted octanol–water partition coefficient (Wildman–Crippen LogP) is 3.95. The number of amides is 1. The standard InChI is InChI=1S/C16H13ClF3N3OS/c17-14-11(7-8-25-14)15(24)23-13(22)6-5-12(21)9-1-3-10(4-2-9)16(18,19)20/h1-8H,21-22H2,(H,23,24)/b12-5-,13-6+. The molecule has 0 atom stereocenters. The van der Waals surface area contributed by atoms with Crippen LogP contribution < -0.4 is 16.8 Å². The second-order valence-electron chi connectivity index (χ2n) is 4.88. The summed E-state index contributed by atoms with van der Waals surface area (Å²) in [6, 6.07) is 5.93. The minimum atomic E-state index is -4.41. The number of alkyl halides is 3. The summed E-state index contributed by atoms with van der Waals surface area (Å²) in [5.74, 6) is -0.455. The van der Waals surface area contributed by atoms with Crippen LogP contribution in [0.4, 0.5) is 13.2 Å². The number of rotatable bonds is 4. The summed E-state index contributed by atoms with van der Waals surface area (Å²) >= 11 is 7.07. The molecule has 0 aliphatic heterocycles. The van der Waals surface area contributed by atoms with Crippen molar-refractivity contribution in [2.24, 2.45) is 11.5 Å². The van der Waals surface area contributed by atoms with E-state index in [1.165, 1.54) is 35.6 Å². The van der Waals surface area contributed by atoms with E-state index in [4.69, 9.17) is 23.1 Å². The Bertz CT molecular complexity index is 826. The average molecular weight is 388 g/mol. The summed E-state index contributed by atoms with van der Waals surface area (Å²) in [7, 11) is 0. The number of hydrogen-bond donors (Lipinski definition) is 3. The van der Waals surface area contributed by atoms with Crippen LogP contribution in [0, 0.1) is 0 Å². The quantitative estimate of drug-likeness (QED) is 0.695. The topological polar surface area (TPSA) is 81.1 Å². The molecule has 1 heterocycles. The lowest BCUT2D eigenvalue weighted by Gasteiger charge is -2.07. The molecule has 5 N–H and O–H groups in total. The van der Waals surface area contributed by atoms with E-state index in [2.05, 4.69) is 5.32 Å². The highest BCUT2D eigenvalue weighted by Gasteiger charge is 2.29. The van der Waals surface area contributed by atoms with Gasteiger partial charge in [0.15, 0.2) is 0 Å². The van der Waals surface area contributed by atoms with E-state index < -0.39 is 17.6 Å². The lowest BCUT2D eigenvalue weighted by molar-refractivity contribution is -0.137. The van der Waals surface area contributed by atoms with Crippen molar-refractivity contribution in [2.45, 2.75) is 6.18 Å². The molecule has 1 aromatic carbocycles. The minimum Gasteiger partial charge on any atom is -0.398 e. The molecule has 9 heteroatoms. The Morgan fingerprint density at radius 1 is 1.12 bits per heavy atom. The first-order valence-electron chi connectivity index (χ1n) is 6.83. The van der Waals surface area contributed by atoms with Crippen molar-refractivity contribution in [1.82, 2.24) is 5.32 Å². The summed E-state index contributed by atoms with van der Waals surface area (Å²) in [6.07, 6.45) is -1.69. The smallest absolute Gasteiger partial charge is 0.398 e. The number of halogens is 4. The summed E-state index contributed by atoms with van der Waals surface area (Å²) in [5, 5.41) is 4.10. The second-order valence-corrected chi connectivity index (χ2v) is 6.40. The van der Waals surface area contributed by atoms with Gasteiger partial charge in [0, 0.05) is 5.70 Å². The number of allylic oxidation sites excluding steroid dienone is 2. The van der Waals surface area contributed by atoms with Crippen LogP contribution in [0.15, 0.2) is 53.7 Å². The molecule has 2 rings (SSSR count). The van der Waals surface area contributed by atoms with Crippen molar-refractivity contribution < 1.29 is 18.0 Å². The van der Waals surface area contributed by atoms with E-state index in [1.807, 2.05) is 0 Å². The van der Waals surface area contributed by atoms with Crippen LogP contribution in [0.5, 0.6) is 0 Å². The molecule has 0 radical (unpaired) electrons. The maximum absolute atomic E-state index is 12.5. The van der Waals surface area contributed by atoms with Crippen LogP contribution in [-0.2, 0) is 6.18 Å². The van der Waals surface area contributed by atoms with E-state index >= 15 is 0 Å². The number of nitrogens with two attached hydrogens (primary N) is 2. The van der Waals surface area contributed by atoms with Gasteiger partial charge in [0.1, 0.15) is 10.2 Å². The monoisotopic (exact) mass is 387 g/mol. The van der Waals surface area contributed by atoms with Crippen LogP contribution in [0.25, 0.3) is 5.70 Å². The molecular formula is C16H13ClF3N3OS. The molecule has 0 unspecified atom stereocenters. The normalized spacial score (nSPS) is 13.0. The molecule has 0 aliphatic carbocycles. The maximum atomic E-state index is 12.5. The molecule has 0 fully saturated rings. The Labute approximate surface area is 150 Å². The van der Waals surface area contributed by atoms with Crippen molar-refractivity contribution in [3.63, 3.8) is 0 Å². The first-order chi connectivity index (χ1) is 11.7. The first kappa shape index (κ1) is 18.9. The molecule has 4 nitrogen and oxygen atoms in total. The highest BCUT2D eigenvalue weighted by Crippen LogP contribution is 2.29. The van der Waals surface area contributed by atoms with Gasteiger partial charge in [-0.25, -0.2) is 0 Å². The molecule has 2 aromatic rings. The third-order valence-electron chi connectivity index (χ3n) is 3.11. The number of hydrogen-bond acceptors (Lipinski definition) is 4. The zero-order valence-corrected chi connectivity index (χ0v) is 14.2. The van der Waals surface area contributed by atoms with Gasteiger partial charge in [0.2, 0.25) is 0 Å². The van der Waals surface area contributed by atoms with Gasteiger partial charge in [0.05, 0.1) is 11.1 Å².